The van der Waals surface area contributed by atoms with E-state index in [4.69, 9.17) is 6.42 Å². The molecule has 0 amide bonds. The van der Waals surface area contributed by atoms with Crippen LogP contribution in [0, 0.1) is 18.3 Å². The Balaban J connectivity index is 2.12. The Hall–Kier alpha value is -0.570. The first kappa shape index (κ1) is 13.9. The van der Waals surface area contributed by atoms with Gasteiger partial charge in [-0.1, -0.05) is 12.3 Å². The summed E-state index contributed by atoms with van der Waals surface area (Å²) in [6, 6.07) is 0.100. The molecule has 0 aromatic rings. The van der Waals surface area contributed by atoms with E-state index in [9.17, 15) is 8.42 Å². The molecule has 2 aliphatic rings. The first-order valence-corrected chi connectivity index (χ1v) is 8.15. The van der Waals surface area contributed by atoms with Gasteiger partial charge in [0.1, 0.15) is 0 Å². The number of nitrogens with zero attached hydrogens (tertiary/aromatic N) is 2. The Kier molecular flexibility index (Phi) is 4.31. The largest absolute Gasteiger partial charge is 0.283 e. The SMILES string of the molecule is C#CCN(CC1CC1)S(=O)(=O)N1CCCCC1C. The normalized spacial score (nSPS) is 26.2. The molecule has 5 heteroatoms. The maximum atomic E-state index is 12.6. The van der Waals surface area contributed by atoms with E-state index >= 15 is 0 Å². The fourth-order valence-electron chi connectivity index (χ4n) is 2.49. The van der Waals surface area contributed by atoms with E-state index in [1.54, 1.807) is 4.31 Å². The van der Waals surface area contributed by atoms with Crippen LogP contribution in [0.4, 0.5) is 0 Å². The summed E-state index contributed by atoms with van der Waals surface area (Å²) in [6.45, 7) is 3.41. The molecule has 1 atom stereocenters. The zero-order valence-electron chi connectivity index (χ0n) is 11.0. The van der Waals surface area contributed by atoms with Crippen LogP contribution in [0.25, 0.3) is 0 Å². The zero-order chi connectivity index (χ0) is 13.2. The Morgan fingerprint density at radius 2 is 2.06 bits per heavy atom. The number of terminal acetylenes is 1. The molecule has 0 radical (unpaired) electrons. The van der Waals surface area contributed by atoms with Gasteiger partial charge in [-0.3, -0.25) is 0 Å². The molecule has 0 aromatic carbocycles. The van der Waals surface area contributed by atoms with Gasteiger partial charge in [-0.25, -0.2) is 0 Å². The van der Waals surface area contributed by atoms with Crippen molar-refractivity contribution in [2.24, 2.45) is 5.92 Å². The molecule has 18 heavy (non-hydrogen) atoms. The molecule has 0 N–H and O–H groups in total. The molecule has 2 rings (SSSR count). The molecule has 1 aliphatic heterocycles. The molecule has 0 bridgehead atoms. The van der Waals surface area contributed by atoms with Gasteiger partial charge >= 0.3 is 0 Å². The fraction of sp³-hybridized carbons (Fsp3) is 0.846. The highest BCUT2D eigenvalue weighted by Gasteiger charge is 2.37. The molecular weight excluding hydrogens is 248 g/mol. The second-order valence-corrected chi connectivity index (χ2v) is 7.28. The minimum Gasteiger partial charge on any atom is -0.195 e. The van der Waals surface area contributed by atoms with Gasteiger partial charge in [0.05, 0.1) is 6.54 Å². The second-order valence-electron chi connectivity index (χ2n) is 5.40. The van der Waals surface area contributed by atoms with Crippen LogP contribution in [0.5, 0.6) is 0 Å². The van der Waals surface area contributed by atoms with Crippen LogP contribution >= 0.6 is 0 Å². The van der Waals surface area contributed by atoms with Crippen molar-refractivity contribution in [3.8, 4) is 12.3 Å². The molecule has 1 aliphatic carbocycles. The minimum atomic E-state index is -3.37. The van der Waals surface area contributed by atoms with Gasteiger partial charge in [0, 0.05) is 19.1 Å². The van der Waals surface area contributed by atoms with E-state index in [1.165, 1.54) is 4.31 Å². The summed E-state index contributed by atoms with van der Waals surface area (Å²) in [6.07, 6.45) is 10.6. The van der Waals surface area contributed by atoms with Gasteiger partial charge < -0.3 is 0 Å². The average Bonchev–Trinajstić information content (AvgIpc) is 3.13. The molecule has 0 aromatic heterocycles. The number of hydrogen-bond donors (Lipinski definition) is 0. The van der Waals surface area contributed by atoms with E-state index < -0.39 is 10.2 Å². The van der Waals surface area contributed by atoms with Crippen LogP contribution < -0.4 is 0 Å². The molecule has 1 saturated heterocycles. The van der Waals surface area contributed by atoms with E-state index in [0.717, 1.165) is 32.1 Å². The predicted molar refractivity (Wildman–Crippen MR) is 72.1 cm³/mol. The van der Waals surface area contributed by atoms with Crippen molar-refractivity contribution in [1.29, 1.82) is 0 Å². The van der Waals surface area contributed by atoms with Gasteiger partial charge in [0.15, 0.2) is 0 Å². The number of rotatable bonds is 5. The second kappa shape index (κ2) is 5.60. The van der Waals surface area contributed by atoms with Gasteiger partial charge in [-0.2, -0.15) is 17.0 Å². The summed E-state index contributed by atoms with van der Waals surface area (Å²) >= 11 is 0. The number of hydrogen-bond acceptors (Lipinski definition) is 2. The highest BCUT2D eigenvalue weighted by Crippen LogP contribution is 2.31. The summed E-state index contributed by atoms with van der Waals surface area (Å²) in [5, 5.41) is 0. The summed E-state index contributed by atoms with van der Waals surface area (Å²) in [4.78, 5) is 0. The van der Waals surface area contributed by atoms with Crippen molar-refractivity contribution >= 4 is 10.2 Å². The van der Waals surface area contributed by atoms with E-state index in [0.29, 0.717) is 19.0 Å². The highest BCUT2D eigenvalue weighted by molar-refractivity contribution is 7.86. The van der Waals surface area contributed by atoms with Crippen LogP contribution in [0.1, 0.15) is 39.0 Å². The van der Waals surface area contributed by atoms with Crippen molar-refractivity contribution < 1.29 is 8.42 Å². The average molecular weight is 270 g/mol. The predicted octanol–water partition coefficient (Wildman–Crippen LogP) is 1.45. The van der Waals surface area contributed by atoms with Gasteiger partial charge in [-0.15, -0.1) is 6.42 Å². The lowest BCUT2D eigenvalue weighted by molar-refractivity contribution is 0.246. The summed E-state index contributed by atoms with van der Waals surface area (Å²) < 4.78 is 28.3. The monoisotopic (exact) mass is 270 g/mol. The highest BCUT2D eigenvalue weighted by atomic mass is 32.2. The molecular formula is C13H22N2O2S. The minimum absolute atomic E-state index is 0.100. The molecule has 2 fully saturated rings. The van der Waals surface area contributed by atoms with Gasteiger partial charge in [0.2, 0.25) is 0 Å². The van der Waals surface area contributed by atoms with Crippen molar-refractivity contribution in [1.82, 2.24) is 8.61 Å². The molecule has 0 spiro atoms. The van der Waals surface area contributed by atoms with E-state index in [2.05, 4.69) is 5.92 Å². The summed E-state index contributed by atoms with van der Waals surface area (Å²) in [5.41, 5.74) is 0. The third-order valence-electron chi connectivity index (χ3n) is 3.79. The standard InChI is InChI=1S/C13H22N2O2S/c1-3-9-14(11-13-7-8-13)18(16,17)15-10-5-4-6-12(15)2/h1,12-13H,4-11H2,2H3. The molecule has 1 unspecified atom stereocenters. The Morgan fingerprint density at radius 1 is 1.33 bits per heavy atom. The van der Waals surface area contributed by atoms with Crippen LogP contribution in [0.2, 0.25) is 0 Å². The lowest BCUT2D eigenvalue weighted by Crippen LogP contribution is -2.50. The lowest BCUT2D eigenvalue weighted by atomic mass is 10.1. The quantitative estimate of drug-likeness (QED) is 0.710. The smallest absolute Gasteiger partial charge is 0.195 e. The first-order chi connectivity index (χ1) is 8.55. The van der Waals surface area contributed by atoms with Crippen LogP contribution in [-0.2, 0) is 10.2 Å². The first-order valence-electron chi connectivity index (χ1n) is 6.76. The van der Waals surface area contributed by atoms with Crippen LogP contribution in [0.15, 0.2) is 0 Å². The van der Waals surface area contributed by atoms with Crippen LogP contribution in [-0.4, -0.2) is 42.7 Å². The maximum Gasteiger partial charge on any atom is 0.283 e. The Labute approximate surface area is 111 Å². The Morgan fingerprint density at radius 3 is 2.61 bits per heavy atom. The molecule has 102 valence electrons. The topological polar surface area (TPSA) is 40.6 Å². The van der Waals surface area contributed by atoms with Crippen molar-refractivity contribution in [2.45, 2.75) is 45.1 Å². The third-order valence-corrected chi connectivity index (χ3v) is 5.86. The molecule has 1 heterocycles. The fourth-order valence-corrected chi connectivity index (χ4v) is 4.35. The number of piperidine rings is 1. The third kappa shape index (κ3) is 3.05. The van der Waals surface area contributed by atoms with Crippen molar-refractivity contribution in [3.05, 3.63) is 0 Å². The van der Waals surface area contributed by atoms with Crippen LogP contribution in [0.3, 0.4) is 0 Å². The lowest BCUT2D eigenvalue weighted by Gasteiger charge is -2.35. The van der Waals surface area contributed by atoms with Gasteiger partial charge in [-0.05, 0) is 38.5 Å². The van der Waals surface area contributed by atoms with E-state index in [-0.39, 0.29) is 12.6 Å². The van der Waals surface area contributed by atoms with Crippen molar-refractivity contribution in [3.63, 3.8) is 0 Å². The zero-order valence-corrected chi connectivity index (χ0v) is 11.8. The van der Waals surface area contributed by atoms with Crippen molar-refractivity contribution in [2.75, 3.05) is 19.6 Å². The Bertz CT molecular complexity index is 423. The molecule has 4 nitrogen and oxygen atoms in total. The van der Waals surface area contributed by atoms with E-state index in [1.807, 2.05) is 6.92 Å². The molecule has 1 saturated carbocycles. The summed E-state index contributed by atoms with van der Waals surface area (Å²) in [5.74, 6) is 3.00. The maximum absolute atomic E-state index is 12.6. The van der Waals surface area contributed by atoms with Gasteiger partial charge in [0.25, 0.3) is 10.2 Å². The summed E-state index contributed by atoms with van der Waals surface area (Å²) in [7, 11) is -3.37.